The van der Waals surface area contributed by atoms with Crippen LogP contribution in [0.3, 0.4) is 0 Å². The number of benzene rings is 1. The Labute approximate surface area is 321 Å². The lowest BCUT2D eigenvalue weighted by Crippen LogP contribution is -2.62. The summed E-state index contributed by atoms with van der Waals surface area (Å²) in [5, 5.41) is 7.01. The van der Waals surface area contributed by atoms with Crippen LogP contribution in [0.5, 0.6) is 0 Å². The maximum atomic E-state index is 13.6. The van der Waals surface area contributed by atoms with Gasteiger partial charge in [0.15, 0.2) is 0 Å². The highest BCUT2D eigenvalue weighted by Crippen LogP contribution is 2.27. The zero-order valence-electron chi connectivity index (χ0n) is 30.1. The number of halogens is 5. The van der Waals surface area contributed by atoms with Crippen LogP contribution in [0.2, 0.25) is 0 Å². The second-order valence-electron chi connectivity index (χ2n) is 13.4. The number of hydrogen-bond donors (Lipinski definition) is 3. The molecule has 2 aromatic rings. The lowest BCUT2D eigenvalue weighted by Gasteiger charge is -2.35. The van der Waals surface area contributed by atoms with E-state index >= 15 is 0 Å². The number of alkyl halides is 5. The average Bonchev–Trinajstić information content (AvgIpc) is 3.08. The van der Waals surface area contributed by atoms with Gasteiger partial charge in [0.1, 0.15) is 30.8 Å². The molecular weight excluding hydrogens is 763 g/mol. The van der Waals surface area contributed by atoms with Crippen LogP contribution in [0.15, 0.2) is 36.4 Å². The van der Waals surface area contributed by atoms with E-state index in [9.17, 15) is 32.8 Å². The summed E-state index contributed by atoms with van der Waals surface area (Å²) < 4.78 is 38.9. The topological polar surface area (TPSA) is 165 Å². The van der Waals surface area contributed by atoms with E-state index < -0.39 is 88.8 Å². The number of amides is 3. The largest absolute Gasteiger partial charge is 0.460 e. The van der Waals surface area contributed by atoms with E-state index in [0.717, 1.165) is 16.0 Å². The van der Waals surface area contributed by atoms with Gasteiger partial charge in [-0.2, -0.15) is 8.78 Å². The molecule has 3 rings (SSSR count). The number of carbonyl (C=O) groups excluding carboxylic acids is 5. The van der Waals surface area contributed by atoms with Crippen molar-refractivity contribution in [3.63, 3.8) is 0 Å². The van der Waals surface area contributed by atoms with E-state index in [1.54, 1.807) is 52.8 Å². The Balaban J connectivity index is 1.72. The highest BCUT2D eigenvalue weighted by atomic mass is 35.6. The first kappa shape index (κ1) is 43.8. The normalized spacial score (nSPS) is 17.1. The van der Waals surface area contributed by atoms with Crippen LogP contribution >= 0.6 is 34.8 Å². The molecule has 2 heterocycles. The van der Waals surface area contributed by atoms with Gasteiger partial charge >= 0.3 is 18.6 Å². The van der Waals surface area contributed by atoms with Crippen LogP contribution in [0, 0.1) is 11.3 Å². The van der Waals surface area contributed by atoms with Crippen molar-refractivity contribution in [2.75, 3.05) is 19.8 Å². The number of hydrazine groups is 1. The lowest BCUT2D eigenvalue weighted by molar-refractivity contribution is -0.159. The number of rotatable bonds is 15. The predicted octanol–water partition coefficient (Wildman–Crippen LogP) is 5.17. The quantitative estimate of drug-likeness (QED) is 0.162. The summed E-state index contributed by atoms with van der Waals surface area (Å²) in [5.74, 6) is -3.94. The molecule has 13 nitrogen and oxygen atoms in total. The van der Waals surface area contributed by atoms with Crippen molar-refractivity contribution in [3.05, 3.63) is 47.7 Å². The summed E-state index contributed by atoms with van der Waals surface area (Å²) in [6.45, 7) is 5.04. The summed E-state index contributed by atoms with van der Waals surface area (Å²) >= 11 is 16.9. The smallest absolute Gasteiger partial charge is 0.345 e. The Morgan fingerprint density at radius 2 is 1.75 bits per heavy atom. The van der Waals surface area contributed by atoms with Gasteiger partial charge in [-0.05, 0) is 57.2 Å². The number of nitrogens with one attached hydrogen (secondary N) is 3. The number of fused-ring (bicyclic) bond motifs is 1. The van der Waals surface area contributed by atoms with Gasteiger partial charge in [-0.15, -0.1) is 0 Å². The molecule has 1 aromatic heterocycles. The first-order valence-electron chi connectivity index (χ1n) is 16.8. The van der Waals surface area contributed by atoms with Crippen molar-refractivity contribution in [1.82, 2.24) is 26.1 Å². The molecule has 0 bridgehead atoms. The molecule has 4 atom stereocenters. The molecular formula is C35H44Cl3F2N5O8. The van der Waals surface area contributed by atoms with Gasteiger partial charge in [0.25, 0.3) is 5.91 Å². The molecule has 1 fully saturated rings. The number of pyridine rings is 1. The SMILES string of the molecule is CC(=O)OC(C)c1ccc2ccc(/C=C/C(C)(C)C(=O)N[C@H](C(=O)N[C@@H](COC(F)F)C(=O)N3CCC[C@@H](C(=O)OCC(Cl)(Cl)Cl)N3)C(C)C)cc2n1. The highest BCUT2D eigenvalue weighted by molar-refractivity contribution is 6.67. The van der Waals surface area contributed by atoms with Crippen LogP contribution in [0.4, 0.5) is 8.78 Å². The van der Waals surface area contributed by atoms with Crippen molar-refractivity contribution in [1.29, 1.82) is 0 Å². The van der Waals surface area contributed by atoms with Gasteiger partial charge in [0.05, 0.1) is 23.2 Å². The summed E-state index contributed by atoms with van der Waals surface area (Å²) in [7, 11) is 0. The Morgan fingerprint density at radius 1 is 1.08 bits per heavy atom. The predicted molar refractivity (Wildman–Crippen MR) is 195 cm³/mol. The Hall–Kier alpha value is -3.63. The number of carbonyl (C=O) groups is 5. The van der Waals surface area contributed by atoms with Crippen LogP contribution in [-0.4, -0.2) is 87.9 Å². The highest BCUT2D eigenvalue weighted by Gasteiger charge is 2.37. The molecule has 0 saturated carbocycles. The van der Waals surface area contributed by atoms with Gasteiger partial charge in [-0.3, -0.25) is 29.0 Å². The molecule has 0 aliphatic carbocycles. The zero-order valence-corrected chi connectivity index (χ0v) is 32.4. The lowest BCUT2D eigenvalue weighted by atomic mass is 9.89. The van der Waals surface area contributed by atoms with Gasteiger partial charge in [-0.1, -0.05) is 79.0 Å². The first-order valence-corrected chi connectivity index (χ1v) is 17.9. The van der Waals surface area contributed by atoms with Crippen molar-refractivity contribution < 1.29 is 47.0 Å². The number of hydrogen-bond acceptors (Lipinski definition) is 10. The van der Waals surface area contributed by atoms with E-state index in [1.165, 1.54) is 6.92 Å². The molecule has 1 aliphatic heterocycles. The fraction of sp³-hybridized carbons (Fsp3) is 0.543. The van der Waals surface area contributed by atoms with Crippen LogP contribution < -0.4 is 16.1 Å². The van der Waals surface area contributed by atoms with Crippen LogP contribution in [0.25, 0.3) is 17.0 Å². The summed E-state index contributed by atoms with van der Waals surface area (Å²) in [6, 6.07) is 5.35. The molecule has 3 N–H and O–H groups in total. The third kappa shape index (κ3) is 13.6. The third-order valence-electron chi connectivity index (χ3n) is 8.13. The molecule has 53 heavy (non-hydrogen) atoms. The second kappa shape index (κ2) is 19.1. The average molecular weight is 807 g/mol. The molecule has 18 heteroatoms. The van der Waals surface area contributed by atoms with Crippen molar-refractivity contribution in [2.45, 2.75) is 89.0 Å². The van der Waals surface area contributed by atoms with Crippen LogP contribution in [0.1, 0.15) is 71.7 Å². The number of ether oxygens (including phenoxy) is 3. The monoisotopic (exact) mass is 805 g/mol. The molecule has 1 saturated heterocycles. The minimum absolute atomic E-state index is 0.0703. The fourth-order valence-electron chi connectivity index (χ4n) is 5.19. The van der Waals surface area contributed by atoms with E-state index in [2.05, 4.69) is 25.8 Å². The third-order valence-corrected chi connectivity index (χ3v) is 8.46. The standard InChI is InChI=1S/C35H44Cl3F2N5O8/c1-19(2)28(29(47)42-27(17-51-33(39)40)30(48)45-15-7-8-25(44-45)31(49)52-18-35(36,37)38)43-32(50)34(5,6)14-13-22-9-10-23-11-12-24(41-26(23)16-22)20(3)53-21(4)46/h9-14,16,19-20,25,27-28,33,44H,7-8,15,17-18H2,1-6H3,(H,42,47)(H,43,50)/b14-13+/t20?,25-,27-,28-/m0/s1. The van der Waals surface area contributed by atoms with Gasteiger partial charge < -0.3 is 24.8 Å². The molecule has 3 amide bonds. The van der Waals surface area contributed by atoms with Crippen molar-refractivity contribution in [3.8, 4) is 0 Å². The van der Waals surface area contributed by atoms with E-state index in [-0.39, 0.29) is 13.0 Å². The molecule has 0 radical (unpaired) electrons. The minimum atomic E-state index is -3.25. The molecule has 292 valence electrons. The molecule has 0 spiro atoms. The summed E-state index contributed by atoms with van der Waals surface area (Å²) in [6.07, 6.45) is 3.43. The molecule has 1 aromatic carbocycles. The number of aromatic nitrogens is 1. The van der Waals surface area contributed by atoms with Crippen molar-refractivity contribution in [2.24, 2.45) is 11.3 Å². The minimum Gasteiger partial charge on any atom is -0.460 e. The van der Waals surface area contributed by atoms with Crippen molar-refractivity contribution >= 4 is 81.4 Å². The zero-order chi connectivity index (χ0) is 39.7. The maximum absolute atomic E-state index is 13.6. The van der Waals surface area contributed by atoms with Gasteiger partial charge in [0.2, 0.25) is 15.6 Å². The summed E-state index contributed by atoms with van der Waals surface area (Å²) in [4.78, 5) is 69.1. The Bertz CT molecular complexity index is 1670. The maximum Gasteiger partial charge on any atom is 0.345 e. The second-order valence-corrected chi connectivity index (χ2v) is 15.9. The van der Waals surface area contributed by atoms with E-state index in [4.69, 9.17) is 44.3 Å². The first-order chi connectivity index (χ1) is 24.7. The van der Waals surface area contributed by atoms with Gasteiger partial charge in [-0.25, -0.2) is 10.4 Å². The van der Waals surface area contributed by atoms with Crippen LogP contribution in [-0.2, 0) is 38.2 Å². The molecule has 1 unspecified atom stereocenters. The fourth-order valence-corrected chi connectivity index (χ4v) is 5.36. The number of esters is 2. The Morgan fingerprint density at radius 3 is 2.38 bits per heavy atom. The molecule has 1 aliphatic rings. The Kier molecular flexibility index (Phi) is 15.8. The summed E-state index contributed by atoms with van der Waals surface area (Å²) in [5.41, 5.74) is 3.48. The van der Waals surface area contributed by atoms with E-state index in [0.29, 0.717) is 17.6 Å². The van der Waals surface area contributed by atoms with E-state index in [1.807, 2.05) is 24.3 Å². The number of nitrogens with zero attached hydrogens (tertiary/aromatic N) is 2. The van der Waals surface area contributed by atoms with Gasteiger partial charge in [0, 0.05) is 18.9 Å².